The molecule has 0 bridgehead atoms. The molecular weight excluding hydrogens is 412 g/mol. The molecule has 5 heteroatoms. The van der Waals surface area contributed by atoms with Crippen molar-refractivity contribution in [3.05, 3.63) is 108 Å². The van der Waals surface area contributed by atoms with Crippen LogP contribution >= 0.6 is 0 Å². The molecular formula is C28H28N2O3. The lowest BCUT2D eigenvalue weighted by Gasteiger charge is -2.35. The molecule has 1 amide bonds. The van der Waals surface area contributed by atoms with Crippen molar-refractivity contribution in [3.8, 4) is 5.75 Å². The number of amides is 1. The number of methoxy groups -OCH3 is 1. The first-order chi connectivity index (χ1) is 16.2. The normalized spacial score (nSPS) is 16.3. The summed E-state index contributed by atoms with van der Waals surface area (Å²) in [5.41, 5.74) is 2.61. The number of nitrogens with zero attached hydrogens (tertiary/aromatic N) is 2. The van der Waals surface area contributed by atoms with Crippen LogP contribution in [0.5, 0.6) is 5.75 Å². The molecule has 168 valence electrons. The molecule has 4 rings (SSSR count). The molecule has 0 N–H and O–H groups in total. The van der Waals surface area contributed by atoms with E-state index in [1.165, 1.54) is 0 Å². The number of hydrogen-bond acceptors (Lipinski definition) is 4. The molecule has 0 radical (unpaired) electrons. The summed E-state index contributed by atoms with van der Waals surface area (Å²) in [6.45, 7) is 0.525. The van der Waals surface area contributed by atoms with E-state index in [1.807, 2.05) is 65.7 Å². The van der Waals surface area contributed by atoms with Crippen LogP contribution in [-0.2, 0) is 11.2 Å². The summed E-state index contributed by atoms with van der Waals surface area (Å²) in [6.07, 6.45) is 9.07. The molecule has 0 fully saturated rings. The van der Waals surface area contributed by atoms with E-state index >= 15 is 0 Å². The van der Waals surface area contributed by atoms with Crippen LogP contribution in [0, 0.1) is 5.92 Å². The molecule has 0 saturated heterocycles. The van der Waals surface area contributed by atoms with E-state index in [0.29, 0.717) is 24.3 Å². The summed E-state index contributed by atoms with van der Waals surface area (Å²) in [7, 11) is 1.58. The van der Waals surface area contributed by atoms with Crippen molar-refractivity contribution in [1.29, 1.82) is 0 Å². The predicted octanol–water partition coefficient (Wildman–Crippen LogP) is 5.05. The molecule has 1 aliphatic heterocycles. The van der Waals surface area contributed by atoms with Crippen molar-refractivity contribution < 1.29 is 14.3 Å². The Morgan fingerprint density at radius 1 is 1.06 bits per heavy atom. The number of Topliss-reactive ketones (excluding diaryl/α,β-unsaturated/α-hetero) is 1. The van der Waals surface area contributed by atoms with Crippen molar-refractivity contribution in [2.45, 2.75) is 25.3 Å². The highest BCUT2D eigenvalue weighted by Crippen LogP contribution is 2.30. The van der Waals surface area contributed by atoms with E-state index in [1.54, 1.807) is 31.5 Å². The van der Waals surface area contributed by atoms with Gasteiger partial charge in [0.1, 0.15) is 5.75 Å². The first kappa shape index (κ1) is 22.5. The van der Waals surface area contributed by atoms with Gasteiger partial charge in [0.05, 0.1) is 13.2 Å². The quantitative estimate of drug-likeness (QED) is 0.363. The van der Waals surface area contributed by atoms with Gasteiger partial charge in [0.2, 0.25) is 5.91 Å². The van der Waals surface area contributed by atoms with Gasteiger partial charge >= 0.3 is 0 Å². The zero-order valence-corrected chi connectivity index (χ0v) is 18.8. The van der Waals surface area contributed by atoms with Gasteiger partial charge in [-0.1, -0.05) is 60.7 Å². The minimum atomic E-state index is -0.461. The highest BCUT2D eigenvalue weighted by atomic mass is 16.5. The van der Waals surface area contributed by atoms with Crippen LogP contribution < -0.4 is 4.74 Å². The molecule has 0 saturated carbocycles. The Balaban J connectivity index is 1.61. The van der Waals surface area contributed by atoms with Crippen LogP contribution in [0.2, 0.25) is 0 Å². The van der Waals surface area contributed by atoms with E-state index in [0.717, 1.165) is 17.5 Å². The number of carbonyl (C=O) groups is 2. The fourth-order valence-electron chi connectivity index (χ4n) is 4.32. The van der Waals surface area contributed by atoms with Gasteiger partial charge in [-0.15, -0.1) is 0 Å². The fraction of sp³-hybridized carbons (Fsp3) is 0.250. The minimum Gasteiger partial charge on any atom is -0.497 e. The van der Waals surface area contributed by atoms with Gasteiger partial charge in [-0.3, -0.25) is 14.6 Å². The van der Waals surface area contributed by atoms with E-state index < -0.39 is 5.92 Å². The second kappa shape index (κ2) is 10.7. The van der Waals surface area contributed by atoms with Crippen LogP contribution in [-0.4, -0.2) is 35.2 Å². The van der Waals surface area contributed by atoms with Crippen LogP contribution in [0.1, 0.15) is 40.4 Å². The number of ether oxygens (including phenoxy) is 1. The summed E-state index contributed by atoms with van der Waals surface area (Å²) in [5, 5.41) is 0. The zero-order chi connectivity index (χ0) is 23.0. The lowest BCUT2D eigenvalue weighted by atomic mass is 9.89. The molecule has 2 aromatic carbocycles. The van der Waals surface area contributed by atoms with E-state index in [9.17, 15) is 9.59 Å². The zero-order valence-electron chi connectivity index (χ0n) is 18.8. The van der Waals surface area contributed by atoms with Crippen LogP contribution in [0.3, 0.4) is 0 Å². The van der Waals surface area contributed by atoms with Gasteiger partial charge in [0, 0.05) is 36.8 Å². The molecule has 2 atom stereocenters. The van der Waals surface area contributed by atoms with E-state index in [-0.39, 0.29) is 24.2 Å². The summed E-state index contributed by atoms with van der Waals surface area (Å²) in [4.78, 5) is 33.2. The number of aromatic nitrogens is 1. The molecule has 5 nitrogen and oxygen atoms in total. The second-order valence-electron chi connectivity index (χ2n) is 8.25. The molecule has 1 aliphatic rings. The molecule has 1 aromatic heterocycles. The Morgan fingerprint density at radius 3 is 2.67 bits per heavy atom. The summed E-state index contributed by atoms with van der Waals surface area (Å²) >= 11 is 0. The third-order valence-corrected chi connectivity index (χ3v) is 6.05. The largest absolute Gasteiger partial charge is 0.497 e. The molecule has 33 heavy (non-hydrogen) atoms. The van der Waals surface area contributed by atoms with Crippen molar-refractivity contribution >= 4 is 11.7 Å². The standard InChI is InChI=1S/C28H28N2O3/c1-33-25-13-7-11-22(18-25)27(31)19-24(17-21-9-3-2-4-10-21)28(32)30-16-6-5-14-26(30)23-12-8-15-29-20-23/h2-13,15,18,20,24,26H,14,16-17,19H2,1H3/t24-,26?/m0/s1. The summed E-state index contributed by atoms with van der Waals surface area (Å²) in [6, 6.07) is 20.8. The first-order valence-electron chi connectivity index (χ1n) is 11.2. The number of ketones is 1. The van der Waals surface area contributed by atoms with Crippen molar-refractivity contribution in [1.82, 2.24) is 9.88 Å². The Hall–Kier alpha value is -3.73. The van der Waals surface area contributed by atoms with Gasteiger partial charge in [0.15, 0.2) is 5.78 Å². The van der Waals surface area contributed by atoms with Gasteiger partial charge in [-0.05, 0) is 42.2 Å². The van der Waals surface area contributed by atoms with E-state index in [2.05, 4.69) is 11.1 Å². The monoisotopic (exact) mass is 440 g/mol. The smallest absolute Gasteiger partial charge is 0.227 e. The van der Waals surface area contributed by atoms with Crippen molar-refractivity contribution in [2.75, 3.05) is 13.7 Å². The summed E-state index contributed by atoms with van der Waals surface area (Å²) in [5.74, 6) is 0.100. The van der Waals surface area contributed by atoms with Gasteiger partial charge in [-0.25, -0.2) is 0 Å². The maximum atomic E-state index is 13.9. The number of hydrogen-bond donors (Lipinski definition) is 0. The Bertz CT molecular complexity index is 1110. The van der Waals surface area contributed by atoms with E-state index in [4.69, 9.17) is 4.74 Å². The Kier molecular flexibility index (Phi) is 7.30. The van der Waals surface area contributed by atoms with Crippen molar-refractivity contribution in [3.63, 3.8) is 0 Å². The third-order valence-electron chi connectivity index (χ3n) is 6.05. The number of carbonyl (C=O) groups excluding carboxylic acids is 2. The van der Waals surface area contributed by atoms with Gasteiger partial charge in [0.25, 0.3) is 0 Å². The summed E-state index contributed by atoms with van der Waals surface area (Å²) < 4.78 is 5.27. The predicted molar refractivity (Wildman–Crippen MR) is 128 cm³/mol. The molecule has 0 aliphatic carbocycles. The highest BCUT2D eigenvalue weighted by molar-refractivity contribution is 5.99. The van der Waals surface area contributed by atoms with Gasteiger partial charge < -0.3 is 9.64 Å². The van der Waals surface area contributed by atoms with Crippen LogP contribution in [0.15, 0.2) is 91.3 Å². The van der Waals surface area contributed by atoms with Crippen LogP contribution in [0.25, 0.3) is 0 Å². The average molecular weight is 441 g/mol. The SMILES string of the molecule is COc1cccc(C(=O)C[C@H](Cc2ccccc2)C(=O)N2CC=CCC2c2cccnc2)c1. The number of pyridine rings is 1. The lowest BCUT2D eigenvalue weighted by Crippen LogP contribution is -2.41. The molecule has 1 unspecified atom stereocenters. The fourth-order valence-corrected chi connectivity index (χ4v) is 4.32. The number of benzene rings is 2. The highest BCUT2D eigenvalue weighted by Gasteiger charge is 2.32. The number of rotatable bonds is 8. The Morgan fingerprint density at radius 2 is 1.91 bits per heavy atom. The molecule has 0 spiro atoms. The third kappa shape index (κ3) is 5.55. The Labute approximate surface area is 194 Å². The van der Waals surface area contributed by atoms with Crippen molar-refractivity contribution in [2.24, 2.45) is 5.92 Å². The molecule has 3 aromatic rings. The van der Waals surface area contributed by atoms with Crippen LogP contribution in [0.4, 0.5) is 0 Å². The molecule has 2 heterocycles. The topological polar surface area (TPSA) is 59.5 Å². The lowest BCUT2D eigenvalue weighted by molar-refractivity contribution is -0.137. The average Bonchev–Trinajstić information content (AvgIpc) is 2.89. The minimum absolute atomic E-state index is 0.00620. The maximum absolute atomic E-state index is 13.9. The van der Waals surface area contributed by atoms with Gasteiger partial charge in [-0.2, -0.15) is 0 Å². The second-order valence-corrected chi connectivity index (χ2v) is 8.25. The maximum Gasteiger partial charge on any atom is 0.227 e. The first-order valence-corrected chi connectivity index (χ1v) is 11.2.